The van der Waals surface area contributed by atoms with Crippen molar-refractivity contribution in [2.24, 2.45) is 0 Å². The molecule has 0 aliphatic carbocycles. The van der Waals surface area contributed by atoms with E-state index in [2.05, 4.69) is 32.7 Å². The van der Waals surface area contributed by atoms with Crippen molar-refractivity contribution >= 4 is 23.4 Å². The van der Waals surface area contributed by atoms with E-state index in [0.717, 1.165) is 22.2 Å². The Balaban J connectivity index is 1.94. The van der Waals surface area contributed by atoms with Gasteiger partial charge in [0.2, 0.25) is 0 Å². The van der Waals surface area contributed by atoms with Crippen molar-refractivity contribution in [1.29, 1.82) is 5.26 Å². The van der Waals surface area contributed by atoms with Crippen LogP contribution in [-0.4, -0.2) is 33.8 Å². The summed E-state index contributed by atoms with van der Waals surface area (Å²) in [5, 5.41) is 19.5. The zero-order valence-corrected chi connectivity index (χ0v) is 17.0. The van der Waals surface area contributed by atoms with Gasteiger partial charge in [0.15, 0.2) is 11.0 Å². The minimum atomic E-state index is 0.101. The van der Waals surface area contributed by atoms with E-state index in [9.17, 15) is 0 Å². The maximum absolute atomic E-state index is 9.08. The average molecular weight is 398 g/mol. The Morgan fingerprint density at radius 2 is 1.93 bits per heavy atom. The van der Waals surface area contributed by atoms with Crippen LogP contribution >= 0.6 is 23.4 Å². The fourth-order valence-electron chi connectivity index (χ4n) is 2.59. The van der Waals surface area contributed by atoms with Crippen molar-refractivity contribution < 1.29 is 0 Å². The first-order valence-corrected chi connectivity index (χ1v) is 9.85. The molecule has 0 spiro atoms. The molecule has 3 rings (SSSR count). The smallest absolute Gasteiger partial charge is 0.196 e. The van der Waals surface area contributed by atoms with Crippen molar-refractivity contribution in [3.63, 3.8) is 0 Å². The molecule has 1 unspecified atom stereocenters. The lowest BCUT2D eigenvalue weighted by molar-refractivity contribution is 0.305. The van der Waals surface area contributed by atoms with Gasteiger partial charge in [-0.05, 0) is 63.0 Å². The molecule has 0 aliphatic heterocycles. The first-order valence-electron chi connectivity index (χ1n) is 8.49. The predicted molar refractivity (Wildman–Crippen MR) is 109 cm³/mol. The average Bonchev–Trinajstić information content (AvgIpc) is 3.10. The fraction of sp³-hybridized carbons (Fsp3) is 0.250. The third-order valence-electron chi connectivity index (χ3n) is 4.32. The molecule has 0 fully saturated rings. The summed E-state index contributed by atoms with van der Waals surface area (Å²) in [7, 11) is 4.04. The van der Waals surface area contributed by atoms with E-state index < -0.39 is 0 Å². The van der Waals surface area contributed by atoms with Crippen LogP contribution in [0.25, 0.3) is 5.69 Å². The minimum absolute atomic E-state index is 0.101. The van der Waals surface area contributed by atoms with Crippen molar-refractivity contribution in [3.8, 4) is 11.8 Å². The summed E-state index contributed by atoms with van der Waals surface area (Å²) in [6, 6.07) is 17.6. The molecule has 0 saturated carbocycles. The Bertz CT molecular complexity index is 959. The third kappa shape index (κ3) is 4.51. The quantitative estimate of drug-likeness (QED) is 0.564. The Labute approximate surface area is 168 Å². The van der Waals surface area contributed by atoms with Crippen LogP contribution in [0.5, 0.6) is 0 Å². The number of benzene rings is 2. The molecule has 3 aromatic rings. The molecule has 1 heterocycles. The number of thioether (sulfide) groups is 1. The lowest BCUT2D eigenvalue weighted by Gasteiger charge is -2.20. The highest BCUT2D eigenvalue weighted by atomic mass is 35.5. The monoisotopic (exact) mass is 397 g/mol. The van der Waals surface area contributed by atoms with E-state index in [1.165, 1.54) is 0 Å². The number of nitriles is 1. The molecule has 0 saturated heterocycles. The van der Waals surface area contributed by atoms with Gasteiger partial charge >= 0.3 is 0 Å². The molecule has 0 N–H and O–H groups in total. The van der Waals surface area contributed by atoms with Crippen LogP contribution in [0.4, 0.5) is 0 Å². The molecule has 0 radical (unpaired) electrons. The van der Waals surface area contributed by atoms with Crippen LogP contribution in [-0.2, 0) is 5.75 Å². The minimum Gasteiger partial charge on any atom is -0.300 e. The maximum atomic E-state index is 9.08. The van der Waals surface area contributed by atoms with Gasteiger partial charge in [-0.2, -0.15) is 5.26 Å². The van der Waals surface area contributed by atoms with Crippen LogP contribution in [0.2, 0.25) is 5.02 Å². The Morgan fingerprint density at radius 3 is 2.59 bits per heavy atom. The van der Waals surface area contributed by atoms with Crippen LogP contribution in [0.3, 0.4) is 0 Å². The van der Waals surface area contributed by atoms with E-state index >= 15 is 0 Å². The van der Waals surface area contributed by atoms with E-state index in [0.29, 0.717) is 16.3 Å². The second-order valence-corrected chi connectivity index (χ2v) is 7.77. The SMILES string of the molecule is CC(c1nnc(SCc2cccc(C#N)c2)n1-c1ccc(Cl)cc1)N(C)C. The van der Waals surface area contributed by atoms with E-state index in [4.69, 9.17) is 16.9 Å². The Hall–Kier alpha value is -2.33. The zero-order valence-electron chi connectivity index (χ0n) is 15.4. The number of hydrogen-bond acceptors (Lipinski definition) is 5. The summed E-state index contributed by atoms with van der Waals surface area (Å²) in [6.45, 7) is 2.10. The Kier molecular flexibility index (Phi) is 6.17. The number of halogens is 1. The molecule has 27 heavy (non-hydrogen) atoms. The highest BCUT2D eigenvalue weighted by Gasteiger charge is 2.21. The zero-order chi connectivity index (χ0) is 19.4. The summed E-state index contributed by atoms with van der Waals surface area (Å²) in [5.74, 6) is 1.58. The Morgan fingerprint density at radius 1 is 1.19 bits per heavy atom. The van der Waals surface area contributed by atoms with Gasteiger partial charge in [-0.25, -0.2) is 0 Å². The summed E-state index contributed by atoms with van der Waals surface area (Å²) in [6.07, 6.45) is 0. The molecular formula is C20H20ClN5S. The highest BCUT2D eigenvalue weighted by molar-refractivity contribution is 7.98. The molecule has 138 valence electrons. The number of nitrogens with zero attached hydrogens (tertiary/aromatic N) is 5. The van der Waals surface area contributed by atoms with Crippen LogP contribution in [0, 0.1) is 11.3 Å². The molecule has 2 aromatic carbocycles. The first-order chi connectivity index (χ1) is 13.0. The molecule has 7 heteroatoms. The maximum Gasteiger partial charge on any atom is 0.196 e. The molecule has 1 aromatic heterocycles. The standard InChI is InChI=1S/C20H20ClN5S/c1-14(25(2)3)19-23-24-20(26(19)18-9-7-17(21)8-10-18)27-13-16-6-4-5-15(11-16)12-22/h4-11,14H,13H2,1-3H3. The van der Waals surface area contributed by atoms with Gasteiger partial charge in [0.05, 0.1) is 17.7 Å². The third-order valence-corrected chi connectivity index (χ3v) is 5.57. The number of aromatic nitrogens is 3. The first kappa shape index (κ1) is 19.4. The fourth-order valence-corrected chi connectivity index (χ4v) is 3.62. The van der Waals surface area contributed by atoms with Crippen molar-refractivity contribution in [2.75, 3.05) is 14.1 Å². The topological polar surface area (TPSA) is 57.7 Å². The van der Waals surface area contributed by atoms with Gasteiger partial charge in [0, 0.05) is 16.5 Å². The second-order valence-electron chi connectivity index (χ2n) is 6.39. The van der Waals surface area contributed by atoms with Crippen LogP contribution in [0.15, 0.2) is 53.7 Å². The van der Waals surface area contributed by atoms with Crippen molar-refractivity contribution in [1.82, 2.24) is 19.7 Å². The van der Waals surface area contributed by atoms with Gasteiger partial charge in [-0.3, -0.25) is 9.47 Å². The lowest BCUT2D eigenvalue weighted by atomic mass is 10.2. The van der Waals surface area contributed by atoms with Crippen LogP contribution < -0.4 is 0 Å². The molecule has 5 nitrogen and oxygen atoms in total. The molecule has 0 bridgehead atoms. The second kappa shape index (κ2) is 8.57. The summed E-state index contributed by atoms with van der Waals surface area (Å²) >= 11 is 7.65. The van der Waals surface area contributed by atoms with Gasteiger partial charge in [-0.1, -0.05) is 35.5 Å². The summed E-state index contributed by atoms with van der Waals surface area (Å²) < 4.78 is 2.07. The molecule has 1 atom stereocenters. The van der Waals surface area contributed by atoms with E-state index in [1.54, 1.807) is 17.8 Å². The van der Waals surface area contributed by atoms with Crippen molar-refractivity contribution in [3.05, 3.63) is 70.5 Å². The van der Waals surface area contributed by atoms with Gasteiger partial charge in [0.1, 0.15) is 0 Å². The highest BCUT2D eigenvalue weighted by Crippen LogP contribution is 2.29. The summed E-state index contributed by atoms with van der Waals surface area (Å²) in [5.41, 5.74) is 2.71. The lowest BCUT2D eigenvalue weighted by Crippen LogP contribution is -2.20. The van der Waals surface area contributed by atoms with E-state index in [-0.39, 0.29) is 6.04 Å². The van der Waals surface area contributed by atoms with Crippen molar-refractivity contribution in [2.45, 2.75) is 23.9 Å². The van der Waals surface area contributed by atoms with Gasteiger partial charge in [-0.15, -0.1) is 10.2 Å². The largest absolute Gasteiger partial charge is 0.300 e. The number of rotatable bonds is 6. The molecule has 0 aliphatic rings. The van der Waals surface area contributed by atoms with Crippen LogP contribution in [0.1, 0.15) is 29.9 Å². The summed E-state index contributed by atoms with van der Waals surface area (Å²) in [4.78, 5) is 2.10. The number of hydrogen-bond donors (Lipinski definition) is 0. The molecular weight excluding hydrogens is 378 g/mol. The van der Waals surface area contributed by atoms with Gasteiger partial charge < -0.3 is 0 Å². The molecule has 0 amide bonds. The normalized spacial score (nSPS) is 12.1. The predicted octanol–water partition coefficient (Wildman–Crippen LogP) is 4.71. The van der Waals surface area contributed by atoms with E-state index in [1.807, 2.05) is 56.6 Å². The van der Waals surface area contributed by atoms with Gasteiger partial charge in [0.25, 0.3) is 0 Å².